The van der Waals surface area contributed by atoms with Gasteiger partial charge in [-0.2, -0.15) is 0 Å². The average Bonchev–Trinajstić information content (AvgIpc) is 3.08. The molecule has 0 spiro atoms. The van der Waals surface area contributed by atoms with Crippen molar-refractivity contribution in [2.45, 2.75) is 26.8 Å². The van der Waals surface area contributed by atoms with Crippen molar-refractivity contribution in [2.75, 3.05) is 11.9 Å². The van der Waals surface area contributed by atoms with E-state index in [2.05, 4.69) is 45.3 Å². The number of nitrogens with one attached hydrogen (secondary N) is 2. The van der Waals surface area contributed by atoms with Crippen molar-refractivity contribution in [3.05, 3.63) is 83.1 Å². The molecule has 0 bridgehead atoms. The number of aliphatic imine (C=N–C) groups is 1. The molecule has 180 valence electrons. The van der Waals surface area contributed by atoms with Gasteiger partial charge in [-0.3, -0.25) is 0 Å². The quantitative estimate of drug-likeness (QED) is 0.0904. The molecule has 5 nitrogen and oxygen atoms in total. The van der Waals surface area contributed by atoms with E-state index in [1.165, 1.54) is 5.56 Å². The molecule has 1 aromatic heterocycles. The number of guanidine groups is 1. The van der Waals surface area contributed by atoms with Crippen LogP contribution in [0.4, 0.5) is 11.4 Å². The summed E-state index contributed by atoms with van der Waals surface area (Å²) in [6, 6.07) is 16.0. The van der Waals surface area contributed by atoms with E-state index in [0.29, 0.717) is 34.1 Å². The predicted octanol–water partition coefficient (Wildman–Crippen LogP) is 7.22. The number of nitrogens with zero attached hydrogens (tertiary/aromatic N) is 2. The summed E-state index contributed by atoms with van der Waals surface area (Å²) >= 11 is 18.7. The zero-order valence-electron chi connectivity index (χ0n) is 20.1. The third kappa shape index (κ3) is 6.75. The first-order valence-electron chi connectivity index (χ1n) is 10.7. The number of aromatic nitrogens is 1. The maximum atomic E-state index is 6.36. The van der Waals surface area contributed by atoms with Gasteiger partial charge < -0.3 is 33.4 Å². The molecule has 0 aliphatic rings. The van der Waals surface area contributed by atoms with Crippen LogP contribution in [-0.2, 0) is 13.0 Å². The SMILES string of the molecule is C[CH-]N=C(N)NCCn1c2ccc(Cl)cc2c2cc(CC)c(Nc3ccc(Cl)c(Cl)c3)cc21.[CH3-].[Sr+2]. The fraction of sp³-hybridized carbons (Fsp3) is 0.192. The third-order valence-electron chi connectivity index (χ3n) is 5.54. The van der Waals surface area contributed by atoms with Gasteiger partial charge in [-0.05, 0) is 60.5 Å². The molecule has 4 N–H and O–H groups in total. The summed E-state index contributed by atoms with van der Waals surface area (Å²) in [6.45, 7) is 6.98. The van der Waals surface area contributed by atoms with Gasteiger partial charge in [-0.25, -0.2) is 0 Å². The van der Waals surface area contributed by atoms with E-state index in [-0.39, 0.29) is 52.9 Å². The van der Waals surface area contributed by atoms with E-state index >= 15 is 0 Å². The van der Waals surface area contributed by atoms with Crippen molar-refractivity contribution in [1.29, 1.82) is 0 Å². The van der Waals surface area contributed by atoms with Crippen LogP contribution in [0.1, 0.15) is 19.4 Å². The summed E-state index contributed by atoms with van der Waals surface area (Å²) < 4.78 is 2.27. The molecule has 0 amide bonds. The standard InChI is InChI=1S/C25H25Cl3N5.CH3.Sr/c1-3-15-11-18-19-12-16(26)5-8-23(19)33(10-9-31-25(29)30-4-2)24(18)14-22(15)32-17-6-7-20(27)21(28)13-17;;/h4-8,11-14,32H,3,9-10H2,1-2H3,(H3,29,30,31);1H3;/q2*-1;+2. The van der Waals surface area contributed by atoms with E-state index in [1.807, 2.05) is 31.2 Å². The average molecular weight is 605 g/mol. The molecule has 0 radical (unpaired) electrons. The monoisotopic (exact) mass is 603 g/mol. The zero-order valence-corrected chi connectivity index (χ0v) is 25.9. The number of hydrogen-bond donors (Lipinski definition) is 3. The molecule has 0 atom stereocenters. The van der Waals surface area contributed by atoms with E-state index in [9.17, 15) is 0 Å². The molecule has 4 rings (SSSR count). The largest absolute Gasteiger partial charge is 2.00 e. The van der Waals surface area contributed by atoms with Gasteiger partial charge in [0.05, 0.1) is 15.6 Å². The fourth-order valence-corrected chi connectivity index (χ4v) is 4.49. The van der Waals surface area contributed by atoms with Crippen LogP contribution in [0.25, 0.3) is 21.8 Å². The Labute approximate surface area is 259 Å². The molecule has 0 aliphatic heterocycles. The van der Waals surface area contributed by atoms with Gasteiger partial charge in [-0.15, -0.1) is 6.54 Å². The van der Waals surface area contributed by atoms with Crippen molar-refractivity contribution >= 4 is 119 Å². The summed E-state index contributed by atoms with van der Waals surface area (Å²) in [7, 11) is 0. The molecule has 3 aromatic carbocycles. The summed E-state index contributed by atoms with van der Waals surface area (Å²) in [5, 5.41) is 10.7. The minimum Gasteiger partial charge on any atom is -0.447 e. The minimum absolute atomic E-state index is 0. The van der Waals surface area contributed by atoms with Gasteiger partial charge in [0.15, 0.2) is 0 Å². The van der Waals surface area contributed by atoms with E-state index in [4.69, 9.17) is 40.5 Å². The number of hydrogen-bond acceptors (Lipinski definition) is 2. The fourth-order valence-electron chi connectivity index (χ4n) is 4.02. The van der Waals surface area contributed by atoms with Crippen molar-refractivity contribution < 1.29 is 0 Å². The van der Waals surface area contributed by atoms with Crippen molar-refractivity contribution in [2.24, 2.45) is 10.7 Å². The number of benzene rings is 3. The van der Waals surface area contributed by atoms with Gasteiger partial charge in [0.2, 0.25) is 0 Å². The van der Waals surface area contributed by atoms with E-state index in [1.54, 1.807) is 12.6 Å². The Hall–Kier alpha value is -1.25. The topological polar surface area (TPSA) is 67.4 Å². The molecule has 1 heterocycles. The second-order valence-electron chi connectivity index (χ2n) is 7.65. The Balaban J connectivity index is 0.00000216. The predicted molar refractivity (Wildman–Crippen MR) is 155 cm³/mol. The van der Waals surface area contributed by atoms with Crippen LogP contribution >= 0.6 is 34.8 Å². The van der Waals surface area contributed by atoms with Crippen LogP contribution in [0, 0.1) is 14.0 Å². The van der Waals surface area contributed by atoms with Crippen molar-refractivity contribution in [3.8, 4) is 0 Å². The smallest absolute Gasteiger partial charge is 0.447 e. The van der Waals surface area contributed by atoms with Crippen LogP contribution in [-0.4, -0.2) is 62.6 Å². The Morgan fingerprint density at radius 1 is 1.00 bits per heavy atom. The van der Waals surface area contributed by atoms with Gasteiger partial charge in [0, 0.05) is 51.7 Å². The Kier molecular flexibility index (Phi) is 11.4. The summed E-state index contributed by atoms with van der Waals surface area (Å²) in [4.78, 5) is 4.08. The number of fused-ring (bicyclic) bond motifs is 3. The Morgan fingerprint density at radius 2 is 1.74 bits per heavy atom. The molecular weight excluding hydrogens is 576 g/mol. The summed E-state index contributed by atoms with van der Waals surface area (Å²) in [6.07, 6.45) is 0.870. The second kappa shape index (κ2) is 13.3. The third-order valence-corrected chi connectivity index (χ3v) is 6.52. The maximum absolute atomic E-state index is 6.36. The van der Waals surface area contributed by atoms with Crippen LogP contribution in [0.5, 0.6) is 0 Å². The molecule has 0 unspecified atom stereocenters. The van der Waals surface area contributed by atoms with Gasteiger partial charge in [0.25, 0.3) is 0 Å². The van der Waals surface area contributed by atoms with Gasteiger partial charge >= 0.3 is 45.5 Å². The molecule has 9 heteroatoms. The van der Waals surface area contributed by atoms with Crippen LogP contribution in [0.2, 0.25) is 15.1 Å². The van der Waals surface area contributed by atoms with Crippen molar-refractivity contribution in [3.63, 3.8) is 0 Å². The molecule has 35 heavy (non-hydrogen) atoms. The normalized spacial score (nSPS) is 11.2. The first kappa shape index (κ1) is 30.0. The van der Waals surface area contributed by atoms with E-state index in [0.717, 1.165) is 39.6 Å². The zero-order chi connectivity index (χ0) is 23.5. The molecule has 0 fully saturated rings. The van der Waals surface area contributed by atoms with E-state index < -0.39 is 0 Å². The first-order chi connectivity index (χ1) is 15.9. The number of halogens is 3. The second-order valence-corrected chi connectivity index (χ2v) is 8.90. The summed E-state index contributed by atoms with van der Waals surface area (Å²) in [5.41, 5.74) is 11.2. The molecule has 0 saturated heterocycles. The molecular formula is C26H28Cl3N5Sr. The van der Waals surface area contributed by atoms with Crippen LogP contribution < -0.4 is 16.4 Å². The maximum Gasteiger partial charge on any atom is 2.00 e. The molecule has 4 aromatic rings. The van der Waals surface area contributed by atoms with Crippen LogP contribution in [0.3, 0.4) is 0 Å². The molecule has 0 saturated carbocycles. The minimum atomic E-state index is 0. The van der Waals surface area contributed by atoms with Gasteiger partial charge in [0.1, 0.15) is 0 Å². The number of anilines is 2. The Morgan fingerprint density at radius 3 is 2.43 bits per heavy atom. The molecule has 0 aliphatic carbocycles. The van der Waals surface area contributed by atoms with Crippen molar-refractivity contribution in [1.82, 2.24) is 9.88 Å². The first-order valence-corrected chi connectivity index (χ1v) is 11.9. The van der Waals surface area contributed by atoms with Gasteiger partial charge in [-0.1, -0.05) is 48.7 Å². The summed E-state index contributed by atoms with van der Waals surface area (Å²) in [5.74, 6) is 0.400. The Bertz CT molecular complexity index is 1350. The number of nitrogens with two attached hydrogens (primary N) is 1. The number of rotatable bonds is 7. The van der Waals surface area contributed by atoms with Crippen LogP contribution in [0.15, 0.2) is 53.5 Å². The number of aryl methyl sites for hydroxylation is 1.